The Morgan fingerprint density at radius 1 is 1.44 bits per heavy atom. The molecule has 2 saturated heterocycles. The number of ether oxygens (including phenoxy) is 1. The number of nitriles is 1. The minimum absolute atomic E-state index is 0.0535. The van der Waals surface area contributed by atoms with Crippen molar-refractivity contribution in [2.75, 3.05) is 29.9 Å². The summed E-state index contributed by atoms with van der Waals surface area (Å²) in [5, 5.41) is 17.4. The van der Waals surface area contributed by atoms with Crippen molar-refractivity contribution in [3.05, 3.63) is 12.3 Å². The number of nitrogens with zero attached hydrogens (tertiary/aromatic N) is 5. The lowest BCUT2D eigenvalue weighted by atomic mass is 10.0. The standard InChI is InChI=1S/C17H20N6O2/c1-11(24)20-15-6-14-13(8-19-15)17(22-9-12(7-18)10-22)21-23(14)16-4-2-3-5-25-16/h6,8,12,16H,2-5,9-10H2,1H3,(H,19,20,24). The zero-order valence-corrected chi connectivity index (χ0v) is 14.1. The van der Waals surface area contributed by atoms with Gasteiger partial charge in [0.15, 0.2) is 12.0 Å². The van der Waals surface area contributed by atoms with Crippen LogP contribution >= 0.6 is 0 Å². The Morgan fingerprint density at radius 3 is 2.96 bits per heavy atom. The minimum atomic E-state index is -0.160. The molecule has 2 aliphatic heterocycles. The Labute approximate surface area is 145 Å². The molecule has 0 bridgehead atoms. The molecule has 4 rings (SSSR count). The number of amides is 1. The summed E-state index contributed by atoms with van der Waals surface area (Å²) in [6.07, 6.45) is 4.71. The fraction of sp³-hybridized carbons (Fsp3) is 0.529. The van der Waals surface area contributed by atoms with Crippen molar-refractivity contribution in [1.29, 1.82) is 5.26 Å². The smallest absolute Gasteiger partial charge is 0.222 e. The van der Waals surface area contributed by atoms with Crippen LogP contribution in [0.2, 0.25) is 0 Å². The average Bonchev–Trinajstić information content (AvgIpc) is 2.93. The maximum atomic E-state index is 11.3. The molecule has 130 valence electrons. The van der Waals surface area contributed by atoms with Crippen molar-refractivity contribution in [3.8, 4) is 6.07 Å². The number of carbonyl (C=O) groups is 1. The van der Waals surface area contributed by atoms with E-state index in [9.17, 15) is 4.79 Å². The molecule has 0 aliphatic carbocycles. The van der Waals surface area contributed by atoms with Crippen LogP contribution in [0.1, 0.15) is 32.4 Å². The lowest BCUT2D eigenvalue weighted by Crippen LogP contribution is -2.46. The Balaban J connectivity index is 1.75. The van der Waals surface area contributed by atoms with Crippen LogP contribution in [-0.4, -0.2) is 40.4 Å². The highest BCUT2D eigenvalue weighted by atomic mass is 16.5. The van der Waals surface area contributed by atoms with Crippen molar-refractivity contribution in [2.24, 2.45) is 5.92 Å². The third-order valence-corrected chi connectivity index (χ3v) is 4.67. The summed E-state index contributed by atoms with van der Waals surface area (Å²) in [5.41, 5.74) is 0.890. The van der Waals surface area contributed by atoms with Crippen LogP contribution in [0.4, 0.5) is 11.6 Å². The highest BCUT2D eigenvalue weighted by Crippen LogP contribution is 2.35. The highest BCUT2D eigenvalue weighted by Gasteiger charge is 2.31. The summed E-state index contributed by atoms with van der Waals surface area (Å²) in [4.78, 5) is 17.8. The van der Waals surface area contributed by atoms with Gasteiger partial charge >= 0.3 is 0 Å². The fourth-order valence-corrected chi connectivity index (χ4v) is 3.37. The van der Waals surface area contributed by atoms with E-state index in [4.69, 9.17) is 15.1 Å². The van der Waals surface area contributed by atoms with Gasteiger partial charge in [-0.3, -0.25) is 4.79 Å². The molecule has 1 amide bonds. The highest BCUT2D eigenvalue weighted by molar-refractivity contribution is 5.94. The molecule has 4 heterocycles. The van der Waals surface area contributed by atoms with Crippen LogP contribution in [0.25, 0.3) is 10.9 Å². The molecule has 1 N–H and O–H groups in total. The van der Waals surface area contributed by atoms with E-state index < -0.39 is 0 Å². The molecule has 2 aromatic heterocycles. The van der Waals surface area contributed by atoms with E-state index in [1.54, 1.807) is 6.20 Å². The molecular weight excluding hydrogens is 320 g/mol. The first-order chi connectivity index (χ1) is 12.2. The molecule has 0 spiro atoms. The fourth-order valence-electron chi connectivity index (χ4n) is 3.37. The van der Waals surface area contributed by atoms with E-state index in [0.29, 0.717) is 18.9 Å². The van der Waals surface area contributed by atoms with Gasteiger partial charge in [0.1, 0.15) is 5.82 Å². The van der Waals surface area contributed by atoms with Gasteiger partial charge in [0.05, 0.1) is 22.9 Å². The van der Waals surface area contributed by atoms with Gasteiger partial charge in [-0.15, -0.1) is 0 Å². The number of pyridine rings is 1. The lowest BCUT2D eigenvalue weighted by molar-refractivity contribution is -0.114. The zero-order valence-electron chi connectivity index (χ0n) is 14.1. The number of rotatable bonds is 3. The molecule has 2 aliphatic rings. The summed E-state index contributed by atoms with van der Waals surface area (Å²) in [6.45, 7) is 3.55. The van der Waals surface area contributed by atoms with Crippen molar-refractivity contribution >= 4 is 28.4 Å². The Hall–Kier alpha value is -2.66. The molecular formula is C17H20N6O2. The van der Waals surface area contributed by atoms with E-state index in [1.165, 1.54) is 6.92 Å². The quantitative estimate of drug-likeness (QED) is 0.918. The Morgan fingerprint density at radius 2 is 2.28 bits per heavy atom. The number of anilines is 2. The number of fused-ring (bicyclic) bond motifs is 1. The van der Waals surface area contributed by atoms with Crippen LogP contribution in [-0.2, 0) is 9.53 Å². The number of hydrogen-bond donors (Lipinski definition) is 1. The van der Waals surface area contributed by atoms with Crippen molar-refractivity contribution < 1.29 is 9.53 Å². The van der Waals surface area contributed by atoms with Crippen molar-refractivity contribution in [3.63, 3.8) is 0 Å². The van der Waals surface area contributed by atoms with Gasteiger partial charge in [0.2, 0.25) is 5.91 Å². The van der Waals surface area contributed by atoms with Gasteiger partial charge in [-0.2, -0.15) is 10.4 Å². The van der Waals surface area contributed by atoms with Gasteiger partial charge in [0.25, 0.3) is 0 Å². The van der Waals surface area contributed by atoms with Crippen LogP contribution in [0.5, 0.6) is 0 Å². The number of carbonyl (C=O) groups excluding carboxylic acids is 1. The monoisotopic (exact) mass is 340 g/mol. The van der Waals surface area contributed by atoms with Crippen LogP contribution < -0.4 is 10.2 Å². The second-order valence-corrected chi connectivity index (χ2v) is 6.59. The second-order valence-electron chi connectivity index (χ2n) is 6.59. The van der Waals surface area contributed by atoms with Crippen LogP contribution in [0, 0.1) is 17.2 Å². The number of hydrogen-bond acceptors (Lipinski definition) is 6. The summed E-state index contributed by atoms with van der Waals surface area (Å²) in [5.74, 6) is 1.23. The lowest BCUT2D eigenvalue weighted by Gasteiger charge is -2.35. The van der Waals surface area contributed by atoms with Crippen molar-refractivity contribution in [2.45, 2.75) is 32.4 Å². The number of aromatic nitrogens is 3. The first-order valence-corrected chi connectivity index (χ1v) is 8.57. The maximum absolute atomic E-state index is 11.3. The average molecular weight is 340 g/mol. The molecule has 0 aromatic carbocycles. The number of nitrogens with one attached hydrogen (secondary N) is 1. The van der Waals surface area contributed by atoms with Crippen LogP contribution in [0.15, 0.2) is 12.3 Å². The third-order valence-electron chi connectivity index (χ3n) is 4.67. The molecule has 0 radical (unpaired) electrons. The largest absolute Gasteiger partial charge is 0.356 e. The molecule has 25 heavy (non-hydrogen) atoms. The van der Waals surface area contributed by atoms with Gasteiger partial charge in [-0.05, 0) is 19.3 Å². The predicted octanol–water partition coefficient (Wildman–Crippen LogP) is 2.05. The first-order valence-electron chi connectivity index (χ1n) is 8.57. The maximum Gasteiger partial charge on any atom is 0.222 e. The first kappa shape index (κ1) is 15.8. The van der Waals surface area contributed by atoms with E-state index >= 15 is 0 Å². The van der Waals surface area contributed by atoms with Gasteiger partial charge in [-0.25, -0.2) is 9.67 Å². The summed E-state index contributed by atoms with van der Waals surface area (Å²) in [7, 11) is 0. The third kappa shape index (κ3) is 2.91. The molecule has 0 saturated carbocycles. The summed E-state index contributed by atoms with van der Waals surface area (Å²) in [6, 6.07) is 4.13. The summed E-state index contributed by atoms with van der Waals surface area (Å²) >= 11 is 0. The molecule has 8 nitrogen and oxygen atoms in total. The van der Waals surface area contributed by atoms with Gasteiger partial charge in [0, 0.05) is 38.9 Å². The van der Waals surface area contributed by atoms with E-state index in [0.717, 1.165) is 42.6 Å². The minimum Gasteiger partial charge on any atom is -0.356 e. The Bertz CT molecular complexity index is 843. The van der Waals surface area contributed by atoms with E-state index in [-0.39, 0.29) is 18.1 Å². The SMILES string of the molecule is CC(=O)Nc1cc2c(cn1)c(N1CC(C#N)C1)nn2C1CCCCO1. The zero-order chi connectivity index (χ0) is 17.4. The molecule has 2 aromatic rings. The summed E-state index contributed by atoms with van der Waals surface area (Å²) < 4.78 is 7.80. The molecule has 2 fully saturated rings. The Kier molecular flexibility index (Phi) is 4.01. The molecule has 1 unspecified atom stereocenters. The van der Waals surface area contributed by atoms with Gasteiger partial charge in [-0.1, -0.05) is 0 Å². The molecule has 1 atom stereocenters. The van der Waals surface area contributed by atoms with E-state index in [1.807, 2.05) is 10.7 Å². The molecule has 8 heteroatoms. The van der Waals surface area contributed by atoms with Crippen LogP contribution in [0.3, 0.4) is 0 Å². The normalized spacial score (nSPS) is 21.0. The van der Waals surface area contributed by atoms with Gasteiger partial charge < -0.3 is 15.0 Å². The predicted molar refractivity (Wildman–Crippen MR) is 92.0 cm³/mol. The topological polar surface area (TPSA) is 96.1 Å². The van der Waals surface area contributed by atoms with Crippen molar-refractivity contribution in [1.82, 2.24) is 14.8 Å². The van der Waals surface area contributed by atoms with E-state index in [2.05, 4.69) is 21.3 Å². The second kappa shape index (κ2) is 6.33.